The number of nitrogens with two attached hydrogens (primary N) is 1. The van der Waals surface area contributed by atoms with E-state index in [2.05, 4.69) is 10.1 Å². The second-order valence-corrected chi connectivity index (χ2v) is 4.44. The Balaban J connectivity index is 1.89. The van der Waals surface area contributed by atoms with Gasteiger partial charge in [0.15, 0.2) is 17.3 Å². The first kappa shape index (κ1) is 13.0. The summed E-state index contributed by atoms with van der Waals surface area (Å²) >= 11 is 0. The molecule has 0 bridgehead atoms. The Morgan fingerprint density at radius 3 is 2.90 bits per heavy atom. The molecule has 0 fully saturated rings. The third-order valence-corrected chi connectivity index (χ3v) is 2.90. The Bertz CT molecular complexity index is 715. The minimum Gasteiger partial charge on any atom is -0.454 e. The van der Waals surface area contributed by atoms with E-state index in [0.29, 0.717) is 34.4 Å². The second kappa shape index (κ2) is 5.20. The molecule has 7 nitrogen and oxygen atoms in total. The van der Waals surface area contributed by atoms with Crippen LogP contribution in [0, 0.1) is 6.92 Å². The molecule has 0 amide bonds. The van der Waals surface area contributed by atoms with Gasteiger partial charge >= 0.3 is 0 Å². The van der Waals surface area contributed by atoms with Crippen molar-refractivity contribution in [3.05, 3.63) is 41.6 Å². The zero-order valence-electron chi connectivity index (χ0n) is 11.2. The third-order valence-electron chi connectivity index (χ3n) is 2.90. The number of hydrogen-bond acceptors (Lipinski definition) is 6. The van der Waals surface area contributed by atoms with Crippen LogP contribution in [0.5, 0.6) is 23.1 Å². The van der Waals surface area contributed by atoms with E-state index in [1.807, 2.05) is 0 Å². The van der Waals surface area contributed by atoms with E-state index >= 15 is 0 Å². The Labute approximate surface area is 120 Å². The highest BCUT2D eigenvalue weighted by Crippen LogP contribution is 2.36. The number of amidine groups is 1. The van der Waals surface area contributed by atoms with Gasteiger partial charge < -0.3 is 25.2 Å². The summed E-state index contributed by atoms with van der Waals surface area (Å²) in [4.78, 5) is 4.25. The van der Waals surface area contributed by atoms with Gasteiger partial charge in [0.1, 0.15) is 5.75 Å². The van der Waals surface area contributed by atoms with Crippen molar-refractivity contribution in [2.75, 3.05) is 6.79 Å². The zero-order chi connectivity index (χ0) is 14.8. The molecule has 1 aliphatic heterocycles. The van der Waals surface area contributed by atoms with Crippen LogP contribution >= 0.6 is 0 Å². The number of hydrogen-bond donors (Lipinski definition) is 2. The normalized spacial score (nSPS) is 13.3. The van der Waals surface area contributed by atoms with Crippen LogP contribution in [0.4, 0.5) is 0 Å². The van der Waals surface area contributed by atoms with Crippen molar-refractivity contribution in [3.63, 3.8) is 0 Å². The number of oxime groups is 1. The van der Waals surface area contributed by atoms with Gasteiger partial charge in [0.2, 0.25) is 12.7 Å². The van der Waals surface area contributed by atoms with Crippen LogP contribution in [0.1, 0.15) is 11.3 Å². The molecule has 1 aromatic carbocycles. The predicted octanol–water partition coefficient (Wildman–Crippen LogP) is 2.01. The summed E-state index contributed by atoms with van der Waals surface area (Å²) in [7, 11) is 0. The minimum atomic E-state index is -0.00367. The highest BCUT2D eigenvalue weighted by molar-refractivity contribution is 5.97. The van der Waals surface area contributed by atoms with E-state index in [0.717, 1.165) is 0 Å². The average molecular weight is 287 g/mol. The number of rotatable bonds is 3. The largest absolute Gasteiger partial charge is 0.454 e. The molecule has 3 N–H and O–H groups in total. The molecule has 0 saturated carbocycles. The van der Waals surface area contributed by atoms with Gasteiger partial charge in [-0.25, -0.2) is 4.98 Å². The lowest BCUT2D eigenvalue weighted by Gasteiger charge is -2.08. The molecule has 1 aromatic heterocycles. The number of pyridine rings is 1. The monoisotopic (exact) mass is 287 g/mol. The topological polar surface area (TPSA) is 99.2 Å². The number of nitrogens with zero attached hydrogens (tertiary/aromatic N) is 2. The van der Waals surface area contributed by atoms with Crippen molar-refractivity contribution in [2.24, 2.45) is 10.9 Å². The molecule has 7 heteroatoms. The van der Waals surface area contributed by atoms with Crippen LogP contribution in [0.15, 0.2) is 35.5 Å². The maximum atomic E-state index is 8.74. The first-order valence-electron chi connectivity index (χ1n) is 6.20. The lowest BCUT2D eigenvalue weighted by molar-refractivity contribution is 0.174. The van der Waals surface area contributed by atoms with Crippen LogP contribution in [-0.2, 0) is 0 Å². The number of benzene rings is 1. The maximum absolute atomic E-state index is 8.74. The summed E-state index contributed by atoms with van der Waals surface area (Å²) in [6.07, 6.45) is 0. The molecule has 0 spiro atoms. The van der Waals surface area contributed by atoms with Gasteiger partial charge in [-0.2, -0.15) is 0 Å². The van der Waals surface area contributed by atoms with Crippen LogP contribution in [0.2, 0.25) is 0 Å². The standard InChI is InChI=1S/C14H13N3O4/c1-8-4-9(14(15)17-18)5-13(16-8)21-10-2-3-11-12(6-10)20-7-19-11/h2-6,18H,7H2,1H3,(H2,15,17). The predicted molar refractivity (Wildman–Crippen MR) is 74.1 cm³/mol. The maximum Gasteiger partial charge on any atom is 0.231 e. The number of ether oxygens (including phenoxy) is 3. The molecule has 2 heterocycles. The number of aryl methyl sites for hydroxylation is 1. The van der Waals surface area contributed by atoms with Gasteiger partial charge in [-0.3, -0.25) is 0 Å². The summed E-state index contributed by atoms with van der Waals surface area (Å²) in [5.41, 5.74) is 6.80. The van der Waals surface area contributed by atoms with Gasteiger partial charge in [0, 0.05) is 23.4 Å². The highest BCUT2D eigenvalue weighted by atomic mass is 16.7. The van der Waals surface area contributed by atoms with Crippen molar-refractivity contribution in [1.29, 1.82) is 0 Å². The molecule has 0 radical (unpaired) electrons. The van der Waals surface area contributed by atoms with Crippen molar-refractivity contribution in [1.82, 2.24) is 4.98 Å². The summed E-state index contributed by atoms with van der Waals surface area (Å²) in [6.45, 7) is 2.00. The lowest BCUT2D eigenvalue weighted by atomic mass is 10.2. The van der Waals surface area contributed by atoms with Crippen LogP contribution in [0.3, 0.4) is 0 Å². The Morgan fingerprint density at radius 2 is 2.10 bits per heavy atom. The quantitative estimate of drug-likeness (QED) is 0.388. The van der Waals surface area contributed by atoms with Crippen LogP contribution < -0.4 is 19.9 Å². The lowest BCUT2D eigenvalue weighted by Crippen LogP contribution is -2.13. The molecule has 2 aromatic rings. The summed E-state index contributed by atoms with van der Waals surface area (Å²) in [5, 5.41) is 11.7. The summed E-state index contributed by atoms with van der Waals surface area (Å²) < 4.78 is 16.2. The van der Waals surface area contributed by atoms with Gasteiger partial charge in [0.05, 0.1) is 0 Å². The summed E-state index contributed by atoms with van der Waals surface area (Å²) in [5.74, 6) is 2.20. The molecule has 0 saturated heterocycles. The second-order valence-electron chi connectivity index (χ2n) is 4.44. The molecule has 3 rings (SSSR count). The SMILES string of the molecule is Cc1cc(/C(N)=N/O)cc(Oc2ccc3c(c2)OCO3)n1. The minimum absolute atomic E-state index is 0.00367. The van der Waals surface area contributed by atoms with Gasteiger partial charge in [0.25, 0.3) is 0 Å². The fourth-order valence-corrected chi connectivity index (χ4v) is 1.96. The number of fused-ring (bicyclic) bond motifs is 1. The molecule has 0 aliphatic carbocycles. The van der Waals surface area contributed by atoms with Gasteiger partial charge in [-0.15, -0.1) is 0 Å². The van der Waals surface area contributed by atoms with E-state index in [9.17, 15) is 0 Å². The summed E-state index contributed by atoms with van der Waals surface area (Å²) in [6, 6.07) is 8.52. The molecule has 108 valence electrons. The molecular weight excluding hydrogens is 274 g/mol. The Morgan fingerprint density at radius 1 is 1.29 bits per heavy atom. The molecule has 0 unspecified atom stereocenters. The first-order valence-corrected chi connectivity index (χ1v) is 6.20. The zero-order valence-corrected chi connectivity index (χ0v) is 11.2. The third kappa shape index (κ3) is 2.66. The molecule has 0 atom stereocenters. The van der Waals surface area contributed by atoms with Gasteiger partial charge in [-0.05, 0) is 25.1 Å². The first-order chi connectivity index (χ1) is 10.2. The number of aromatic nitrogens is 1. The molecule has 21 heavy (non-hydrogen) atoms. The smallest absolute Gasteiger partial charge is 0.231 e. The van der Waals surface area contributed by atoms with E-state index in [-0.39, 0.29) is 12.6 Å². The average Bonchev–Trinajstić information content (AvgIpc) is 2.93. The van der Waals surface area contributed by atoms with E-state index in [1.54, 1.807) is 37.3 Å². The highest BCUT2D eigenvalue weighted by Gasteiger charge is 2.14. The van der Waals surface area contributed by atoms with Gasteiger partial charge in [-0.1, -0.05) is 5.16 Å². The fraction of sp³-hybridized carbons (Fsp3) is 0.143. The van der Waals surface area contributed by atoms with E-state index in [1.165, 1.54) is 0 Å². The molecule has 1 aliphatic rings. The molecular formula is C14H13N3O4. The van der Waals surface area contributed by atoms with Crippen molar-refractivity contribution >= 4 is 5.84 Å². The van der Waals surface area contributed by atoms with Crippen molar-refractivity contribution < 1.29 is 19.4 Å². The van der Waals surface area contributed by atoms with Crippen LogP contribution in [-0.4, -0.2) is 22.8 Å². The fourth-order valence-electron chi connectivity index (χ4n) is 1.96. The van der Waals surface area contributed by atoms with Crippen molar-refractivity contribution in [2.45, 2.75) is 6.92 Å². The van der Waals surface area contributed by atoms with Crippen molar-refractivity contribution in [3.8, 4) is 23.1 Å². The van der Waals surface area contributed by atoms with E-state index in [4.69, 9.17) is 25.2 Å². The Hall–Kier alpha value is -2.96. The Kier molecular flexibility index (Phi) is 3.23. The van der Waals surface area contributed by atoms with E-state index < -0.39 is 0 Å². The van der Waals surface area contributed by atoms with Crippen LogP contribution in [0.25, 0.3) is 0 Å².